The van der Waals surface area contributed by atoms with Crippen LogP contribution in [0.25, 0.3) is 0 Å². The first-order valence-corrected chi connectivity index (χ1v) is 6.31. The van der Waals surface area contributed by atoms with Gasteiger partial charge in [-0.3, -0.25) is 4.79 Å². The number of halogens is 2. The minimum atomic E-state index is -0.494. The number of nitrogen functional groups attached to an aromatic ring is 1. The monoisotopic (exact) mass is 326 g/mol. The minimum Gasteiger partial charge on any atom is -0.452 e. The number of hydrogen-bond donors (Lipinski definition) is 1. The predicted molar refractivity (Wildman–Crippen MR) is 73.0 cm³/mol. The maximum atomic E-state index is 13.2. The third kappa shape index (κ3) is 3.14. The van der Waals surface area contributed by atoms with Gasteiger partial charge in [0.25, 0.3) is 5.91 Å². The van der Waals surface area contributed by atoms with Crippen molar-refractivity contribution >= 4 is 27.5 Å². The summed E-state index contributed by atoms with van der Waals surface area (Å²) < 4.78 is 19.1. The predicted octanol–water partition coefficient (Wildman–Crippen LogP) is 3.04. The van der Waals surface area contributed by atoms with Crippen LogP contribution < -0.4 is 5.73 Å². The van der Waals surface area contributed by atoms with Gasteiger partial charge in [0.2, 0.25) is 0 Å². The van der Waals surface area contributed by atoms with E-state index in [-0.39, 0.29) is 23.7 Å². The second-order valence-electron chi connectivity index (χ2n) is 4.10. The Labute approximate surface area is 118 Å². The third-order valence-corrected chi connectivity index (χ3v) is 3.04. The molecule has 0 aliphatic heterocycles. The number of furan rings is 1. The Hall–Kier alpha value is -1.82. The Morgan fingerprint density at radius 3 is 2.79 bits per heavy atom. The summed E-state index contributed by atoms with van der Waals surface area (Å²) in [7, 11) is 1.60. The molecule has 2 rings (SSSR count). The molecule has 2 N–H and O–H groups in total. The number of hydrogen-bond acceptors (Lipinski definition) is 3. The number of benzene rings is 1. The highest BCUT2D eigenvalue weighted by molar-refractivity contribution is 9.10. The van der Waals surface area contributed by atoms with Gasteiger partial charge in [0.15, 0.2) is 4.67 Å². The third-order valence-electron chi connectivity index (χ3n) is 2.61. The lowest BCUT2D eigenvalue weighted by atomic mass is 10.1. The van der Waals surface area contributed by atoms with E-state index in [0.29, 0.717) is 10.4 Å². The second-order valence-corrected chi connectivity index (χ2v) is 4.88. The maximum Gasteiger partial charge on any atom is 0.256 e. The van der Waals surface area contributed by atoms with Crippen LogP contribution >= 0.6 is 15.9 Å². The molecule has 1 aromatic heterocycles. The first-order valence-electron chi connectivity index (χ1n) is 5.52. The zero-order chi connectivity index (χ0) is 14.0. The van der Waals surface area contributed by atoms with E-state index >= 15 is 0 Å². The molecule has 1 aromatic carbocycles. The van der Waals surface area contributed by atoms with Gasteiger partial charge in [0.05, 0.1) is 12.1 Å². The van der Waals surface area contributed by atoms with Gasteiger partial charge in [0.1, 0.15) is 11.6 Å². The highest BCUT2D eigenvalue weighted by atomic mass is 79.9. The summed E-state index contributed by atoms with van der Waals surface area (Å²) in [6.45, 7) is 0.278. The number of anilines is 1. The van der Waals surface area contributed by atoms with Gasteiger partial charge in [0, 0.05) is 12.7 Å². The molecule has 0 unspecified atom stereocenters. The van der Waals surface area contributed by atoms with Gasteiger partial charge in [-0.05, 0) is 46.3 Å². The number of amides is 1. The van der Waals surface area contributed by atoms with Gasteiger partial charge >= 0.3 is 0 Å². The van der Waals surface area contributed by atoms with Crippen LogP contribution in [0.3, 0.4) is 0 Å². The molecule has 0 saturated carbocycles. The van der Waals surface area contributed by atoms with Crippen molar-refractivity contribution in [2.24, 2.45) is 0 Å². The molecule has 0 saturated heterocycles. The molecule has 0 aliphatic carbocycles. The fourth-order valence-corrected chi connectivity index (χ4v) is 2.00. The Morgan fingerprint density at radius 2 is 2.16 bits per heavy atom. The summed E-state index contributed by atoms with van der Waals surface area (Å²) in [5, 5.41) is 0. The molecule has 0 atom stereocenters. The standard InChI is InChI=1S/C13H12BrFN2O2/c1-17(7-9-3-5-12(14)19-9)13(18)10-6-8(15)2-4-11(10)16/h2-6H,7,16H2,1H3. The first kappa shape index (κ1) is 13.6. The highest BCUT2D eigenvalue weighted by Crippen LogP contribution is 2.19. The SMILES string of the molecule is CN(Cc1ccc(Br)o1)C(=O)c1cc(F)ccc1N. The summed E-state index contributed by atoms with van der Waals surface area (Å²) in [6, 6.07) is 7.22. The van der Waals surface area contributed by atoms with Crippen molar-refractivity contribution in [3.63, 3.8) is 0 Å². The van der Waals surface area contributed by atoms with Crippen molar-refractivity contribution in [2.45, 2.75) is 6.54 Å². The van der Waals surface area contributed by atoms with Crippen molar-refractivity contribution in [1.82, 2.24) is 4.90 Å². The number of nitrogens with zero attached hydrogens (tertiary/aromatic N) is 1. The molecule has 4 nitrogen and oxygen atoms in total. The molecule has 0 aliphatic rings. The van der Waals surface area contributed by atoms with E-state index in [1.165, 1.54) is 17.0 Å². The van der Waals surface area contributed by atoms with Crippen molar-refractivity contribution in [1.29, 1.82) is 0 Å². The molecule has 2 aromatic rings. The van der Waals surface area contributed by atoms with Gasteiger partial charge < -0.3 is 15.1 Å². The number of carbonyl (C=O) groups is 1. The Morgan fingerprint density at radius 1 is 1.42 bits per heavy atom. The van der Waals surface area contributed by atoms with Crippen LogP contribution in [0.2, 0.25) is 0 Å². The zero-order valence-electron chi connectivity index (χ0n) is 10.2. The fraction of sp³-hybridized carbons (Fsp3) is 0.154. The minimum absolute atomic E-state index is 0.146. The molecule has 1 amide bonds. The fourth-order valence-electron chi connectivity index (χ4n) is 1.66. The average Bonchev–Trinajstić information content (AvgIpc) is 2.77. The molecule has 19 heavy (non-hydrogen) atoms. The van der Waals surface area contributed by atoms with Gasteiger partial charge in [-0.25, -0.2) is 4.39 Å². The van der Waals surface area contributed by atoms with Crippen molar-refractivity contribution in [2.75, 3.05) is 12.8 Å². The summed E-state index contributed by atoms with van der Waals surface area (Å²) >= 11 is 3.19. The maximum absolute atomic E-state index is 13.2. The summed E-state index contributed by atoms with van der Waals surface area (Å²) in [6.07, 6.45) is 0. The van der Waals surface area contributed by atoms with Crippen LogP contribution in [0, 0.1) is 5.82 Å². The second kappa shape index (κ2) is 5.44. The number of rotatable bonds is 3. The summed E-state index contributed by atoms with van der Waals surface area (Å²) in [4.78, 5) is 13.6. The smallest absolute Gasteiger partial charge is 0.256 e. The largest absolute Gasteiger partial charge is 0.452 e. The van der Waals surface area contributed by atoms with Crippen LogP contribution in [-0.2, 0) is 6.54 Å². The van der Waals surface area contributed by atoms with Crippen LogP contribution in [0.1, 0.15) is 16.1 Å². The number of nitrogens with two attached hydrogens (primary N) is 1. The van der Waals surface area contributed by atoms with Gasteiger partial charge in [-0.1, -0.05) is 0 Å². The lowest BCUT2D eigenvalue weighted by Gasteiger charge is -2.16. The topological polar surface area (TPSA) is 59.5 Å². The molecule has 100 valence electrons. The zero-order valence-corrected chi connectivity index (χ0v) is 11.8. The Balaban J connectivity index is 2.16. The molecule has 0 fully saturated rings. The van der Waals surface area contributed by atoms with Crippen molar-refractivity contribution in [3.05, 3.63) is 52.1 Å². The summed E-state index contributed by atoms with van der Waals surface area (Å²) in [5.41, 5.74) is 6.08. The molecule has 0 bridgehead atoms. The van der Waals surface area contributed by atoms with E-state index < -0.39 is 5.82 Å². The average molecular weight is 327 g/mol. The molecular formula is C13H12BrFN2O2. The Bertz CT molecular complexity index is 612. The molecule has 6 heteroatoms. The van der Waals surface area contributed by atoms with E-state index in [1.54, 1.807) is 19.2 Å². The first-order chi connectivity index (χ1) is 8.97. The van der Waals surface area contributed by atoms with E-state index in [9.17, 15) is 9.18 Å². The molecule has 0 radical (unpaired) electrons. The quantitative estimate of drug-likeness (QED) is 0.882. The van der Waals surface area contributed by atoms with Crippen LogP contribution in [-0.4, -0.2) is 17.9 Å². The normalized spacial score (nSPS) is 10.5. The van der Waals surface area contributed by atoms with Crippen LogP contribution in [0.4, 0.5) is 10.1 Å². The number of carbonyl (C=O) groups excluding carboxylic acids is 1. The Kier molecular flexibility index (Phi) is 3.90. The van der Waals surface area contributed by atoms with Crippen LogP contribution in [0.5, 0.6) is 0 Å². The summed E-state index contributed by atoms with van der Waals surface area (Å²) in [5.74, 6) is -0.228. The van der Waals surface area contributed by atoms with Gasteiger partial charge in [-0.2, -0.15) is 0 Å². The highest BCUT2D eigenvalue weighted by Gasteiger charge is 2.16. The molecule has 0 spiro atoms. The van der Waals surface area contributed by atoms with E-state index in [4.69, 9.17) is 10.2 Å². The van der Waals surface area contributed by atoms with Gasteiger partial charge in [-0.15, -0.1) is 0 Å². The van der Waals surface area contributed by atoms with Crippen LogP contribution in [0.15, 0.2) is 39.4 Å². The van der Waals surface area contributed by atoms with E-state index in [1.807, 2.05) is 0 Å². The van der Waals surface area contributed by atoms with Crippen molar-refractivity contribution < 1.29 is 13.6 Å². The van der Waals surface area contributed by atoms with Crippen molar-refractivity contribution in [3.8, 4) is 0 Å². The molecule has 1 heterocycles. The van der Waals surface area contributed by atoms with E-state index in [0.717, 1.165) is 6.07 Å². The lowest BCUT2D eigenvalue weighted by molar-refractivity contribution is 0.0775. The van der Waals surface area contributed by atoms with E-state index in [2.05, 4.69) is 15.9 Å². The lowest BCUT2D eigenvalue weighted by Crippen LogP contribution is -2.26. The molecular weight excluding hydrogens is 315 g/mol.